The molecule has 0 amide bonds. The van der Waals surface area contributed by atoms with Crippen molar-refractivity contribution >= 4 is 110 Å². The fourth-order valence-electron chi connectivity index (χ4n) is 15.0. The predicted octanol–water partition coefficient (Wildman–Crippen LogP) is 24.7. The van der Waals surface area contributed by atoms with Crippen LogP contribution < -0.4 is 9.80 Å². The third kappa shape index (κ3) is 9.06. The third-order valence-electron chi connectivity index (χ3n) is 19.5. The molecule has 0 saturated carbocycles. The SMILES string of the molecule is Cc1cc(C)cc(N(c2ccc(C(C)(C)C)cc2-c2ccc(C(C)(C)C)cc2)c2ccc3c4cc5c(cc4n4c6ccccc6c2c34)c2ccc(N(c3cc(C)cc(C)c3)c3ccc(C(C)(C)C)cc3-c3ccc(C(C)(C)C)cc3)c3c4ccccc4n5c23)c1. The second-order valence-electron chi connectivity index (χ2n) is 30.3. The predicted molar refractivity (Wildman–Crippen MR) is 390 cm³/mol. The Morgan fingerprint density at radius 2 is 0.589 bits per heavy atom. The van der Waals surface area contributed by atoms with E-state index < -0.39 is 0 Å². The molecule has 4 heterocycles. The van der Waals surface area contributed by atoms with E-state index >= 15 is 0 Å². The molecule has 4 nitrogen and oxygen atoms in total. The normalized spacial score (nSPS) is 12.9. The second kappa shape index (κ2) is 20.1. The number of aryl methyl sites for hydroxylation is 4. The molecule has 0 N–H and O–H groups in total. The van der Waals surface area contributed by atoms with Crippen LogP contribution in [0.15, 0.2) is 206 Å². The Morgan fingerprint density at radius 1 is 0.267 bits per heavy atom. The first-order valence-corrected chi connectivity index (χ1v) is 32.4. The summed E-state index contributed by atoms with van der Waals surface area (Å²) in [6.45, 7) is 36.7. The Hall–Kier alpha value is -9.38. The summed E-state index contributed by atoms with van der Waals surface area (Å²) in [6.07, 6.45) is 0. The maximum Gasteiger partial charge on any atom is 0.0641 e. The van der Waals surface area contributed by atoms with Crippen LogP contribution in [-0.2, 0) is 21.7 Å². The summed E-state index contributed by atoms with van der Waals surface area (Å²) in [5, 5.41) is 9.96. The first-order chi connectivity index (χ1) is 42.8. The average Bonchev–Trinajstić information content (AvgIpc) is 1.52. The summed E-state index contributed by atoms with van der Waals surface area (Å²) in [4.78, 5) is 5.14. The molecular formula is C86H82N4. The van der Waals surface area contributed by atoms with Gasteiger partial charge in [-0.2, -0.15) is 0 Å². The Morgan fingerprint density at radius 3 is 0.933 bits per heavy atom. The van der Waals surface area contributed by atoms with Gasteiger partial charge in [0, 0.05) is 65.6 Å². The summed E-state index contributed by atoms with van der Waals surface area (Å²) in [6, 6.07) is 80.1. The van der Waals surface area contributed by atoms with Gasteiger partial charge in [0.15, 0.2) is 0 Å². The molecule has 0 saturated heterocycles. The number of hydrogen-bond acceptors (Lipinski definition) is 2. The van der Waals surface area contributed by atoms with E-state index in [0.29, 0.717) is 0 Å². The zero-order chi connectivity index (χ0) is 62.8. The monoisotopic (exact) mass is 1170 g/mol. The van der Waals surface area contributed by atoms with E-state index in [4.69, 9.17) is 0 Å². The maximum atomic E-state index is 2.59. The Bertz CT molecular complexity index is 4990. The van der Waals surface area contributed by atoms with Gasteiger partial charge in [-0.1, -0.05) is 204 Å². The van der Waals surface area contributed by atoms with Crippen LogP contribution in [0.25, 0.3) is 98.4 Å². The van der Waals surface area contributed by atoms with Crippen molar-refractivity contribution in [1.29, 1.82) is 0 Å². The lowest BCUT2D eigenvalue weighted by Crippen LogP contribution is -2.15. The van der Waals surface area contributed by atoms with E-state index in [-0.39, 0.29) is 21.7 Å². The molecule has 15 aromatic rings. The summed E-state index contributed by atoms with van der Waals surface area (Å²) < 4.78 is 5.17. The van der Waals surface area contributed by atoms with Gasteiger partial charge in [-0.15, -0.1) is 0 Å². The number of para-hydroxylation sites is 2. The molecule has 0 unspecified atom stereocenters. The lowest BCUT2D eigenvalue weighted by molar-refractivity contribution is 0.589. The van der Waals surface area contributed by atoms with Crippen molar-refractivity contribution in [2.75, 3.05) is 9.80 Å². The van der Waals surface area contributed by atoms with Crippen LogP contribution in [-0.4, -0.2) is 8.80 Å². The van der Waals surface area contributed by atoms with Crippen molar-refractivity contribution < 1.29 is 0 Å². The second-order valence-corrected chi connectivity index (χ2v) is 30.3. The van der Waals surface area contributed by atoms with Crippen molar-refractivity contribution in [3.8, 4) is 22.3 Å². The van der Waals surface area contributed by atoms with Gasteiger partial charge in [0.2, 0.25) is 0 Å². The quantitative estimate of drug-likeness (QED) is 0.151. The van der Waals surface area contributed by atoms with Gasteiger partial charge < -0.3 is 18.6 Å². The van der Waals surface area contributed by atoms with Gasteiger partial charge in [0.05, 0.1) is 55.8 Å². The number of fused-ring (bicyclic) bond motifs is 12. The lowest BCUT2D eigenvalue weighted by Gasteiger charge is -2.31. The smallest absolute Gasteiger partial charge is 0.0641 e. The van der Waals surface area contributed by atoms with Gasteiger partial charge >= 0.3 is 0 Å². The minimum absolute atomic E-state index is 0.0361. The molecule has 0 fully saturated rings. The van der Waals surface area contributed by atoms with Crippen molar-refractivity contribution in [3.05, 3.63) is 251 Å². The average molecular weight is 1170 g/mol. The van der Waals surface area contributed by atoms with Crippen LogP contribution in [0.1, 0.15) is 128 Å². The number of benzene rings is 11. The molecular weight excluding hydrogens is 1090 g/mol. The van der Waals surface area contributed by atoms with E-state index in [1.165, 1.54) is 143 Å². The zero-order valence-corrected chi connectivity index (χ0v) is 55.4. The van der Waals surface area contributed by atoms with E-state index in [2.05, 4.69) is 336 Å². The molecule has 0 radical (unpaired) electrons. The number of hydrogen-bond donors (Lipinski definition) is 0. The van der Waals surface area contributed by atoms with E-state index in [1.807, 2.05) is 0 Å². The van der Waals surface area contributed by atoms with Crippen LogP contribution in [0.3, 0.4) is 0 Å². The molecule has 446 valence electrons. The van der Waals surface area contributed by atoms with Gasteiger partial charge in [-0.25, -0.2) is 0 Å². The summed E-state index contributed by atoms with van der Waals surface area (Å²) in [5.74, 6) is 0. The highest BCUT2D eigenvalue weighted by atomic mass is 15.2. The van der Waals surface area contributed by atoms with E-state index in [1.54, 1.807) is 0 Å². The van der Waals surface area contributed by atoms with E-state index in [0.717, 1.165) is 34.1 Å². The molecule has 15 rings (SSSR count). The summed E-state index contributed by atoms with van der Waals surface area (Å²) in [5.41, 5.74) is 29.3. The van der Waals surface area contributed by atoms with Gasteiger partial charge in [-0.05, 0) is 190 Å². The number of aromatic nitrogens is 2. The molecule has 0 spiro atoms. The molecule has 0 aliphatic rings. The largest absolute Gasteiger partial charge is 0.309 e. The molecule has 0 bridgehead atoms. The first kappa shape index (κ1) is 57.1. The molecule has 90 heavy (non-hydrogen) atoms. The van der Waals surface area contributed by atoms with Gasteiger partial charge in [-0.3, -0.25) is 0 Å². The van der Waals surface area contributed by atoms with Crippen molar-refractivity contribution in [3.63, 3.8) is 0 Å². The maximum absolute atomic E-state index is 2.59. The minimum Gasteiger partial charge on any atom is -0.309 e. The molecule has 11 aromatic carbocycles. The fraction of sp³-hybridized carbons (Fsp3) is 0.233. The number of rotatable bonds is 8. The summed E-state index contributed by atoms with van der Waals surface area (Å²) >= 11 is 0. The Labute approximate surface area is 531 Å². The topological polar surface area (TPSA) is 15.3 Å². The van der Waals surface area contributed by atoms with Crippen molar-refractivity contribution in [2.45, 2.75) is 132 Å². The highest BCUT2D eigenvalue weighted by Crippen LogP contribution is 2.54. The fourth-order valence-corrected chi connectivity index (χ4v) is 15.0. The summed E-state index contributed by atoms with van der Waals surface area (Å²) in [7, 11) is 0. The zero-order valence-electron chi connectivity index (χ0n) is 55.4. The van der Waals surface area contributed by atoms with Crippen LogP contribution in [0.4, 0.5) is 34.1 Å². The van der Waals surface area contributed by atoms with Gasteiger partial charge in [0.1, 0.15) is 0 Å². The van der Waals surface area contributed by atoms with E-state index in [9.17, 15) is 0 Å². The minimum atomic E-state index is -0.0539. The van der Waals surface area contributed by atoms with Crippen LogP contribution in [0.5, 0.6) is 0 Å². The van der Waals surface area contributed by atoms with Gasteiger partial charge in [0.25, 0.3) is 0 Å². The molecule has 0 atom stereocenters. The Kier molecular flexibility index (Phi) is 12.7. The van der Waals surface area contributed by atoms with Crippen LogP contribution >= 0.6 is 0 Å². The first-order valence-electron chi connectivity index (χ1n) is 32.4. The lowest BCUT2D eigenvalue weighted by atomic mass is 9.83. The highest BCUT2D eigenvalue weighted by Gasteiger charge is 2.31. The Balaban J connectivity index is 0.994. The molecule has 0 aliphatic carbocycles. The number of nitrogens with zero attached hydrogens (tertiary/aromatic N) is 4. The number of anilines is 6. The van der Waals surface area contributed by atoms with Crippen molar-refractivity contribution in [2.24, 2.45) is 0 Å². The molecule has 4 aromatic heterocycles. The molecule has 4 heteroatoms. The van der Waals surface area contributed by atoms with Crippen molar-refractivity contribution in [1.82, 2.24) is 8.80 Å². The van der Waals surface area contributed by atoms with Crippen LogP contribution in [0.2, 0.25) is 0 Å². The molecule has 0 aliphatic heterocycles. The highest BCUT2D eigenvalue weighted by molar-refractivity contribution is 6.32. The standard InChI is InChI=1S/C86H82N4/c1-51-41-52(2)44-61(43-51)87(73-37-33-59(85(11,12)13)47-67(73)55-25-29-57(30-26-55)83(5,6)7)75-39-35-63-69-49-78-70(50-77(69)89-71-23-19-17-21-65(71)79(75)81(63)89)64-36-40-76(80-66-22-18-20-24-72(66)90(78)82(64)80)88(62-45-53(3)42-54(4)46-62)74-38-34-60(86(14,15)16)48-68(74)56-27-31-58(32-28-56)84(8,9)10/h17-50H,1-16H3. The third-order valence-corrected chi connectivity index (χ3v) is 19.5. The van der Waals surface area contributed by atoms with Crippen LogP contribution in [0, 0.1) is 27.7 Å².